The smallest absolute Gasteiger partial charge is 0.295 e. The molecule has 1 rings (SSSR count). The second-order valence-corrected chi connectivity index (χ2v) is 6.17. The van der Waals surface area contributed by atoms with E-state index in [1.807, 2.05) is 6.26 Å². The van der Waals surface area contributed by atoms with Gasteiger partial charge in [-0.1, -0.05) is 25.4 Å². The van der Waals surface area contributed by atoms with E-state index in [9.17, 15) is 14.5 Å². The minimum Gasteiger partial charge on any atom is -0.378 e. The Labute approximate surface area is 127 Å². The molecule has 0 saturated heterocycles. The molecule has 0 aromatic heterocycles. The third-order valence-electron chi connectivity index (χ3n) is 3.56. The van der Waals surface area contributed by atoms with Gasteiger partial charge in [0.15, 0.2) is 0 Å². The average molecular weight is 321 g/mol. The molecule has 0 radical (unpaired) electrons. The zero-order chi connectivity index (χ0) is 15.3. The zero-order valence-corrected chi connectivity index (χ0v) is 13.3. The number of nitro groups is 1. The number of nitro benzene ring substituents is 1. The standard InChI is InChI=1S/C13H18ClFN2O2S/c1-4-13(5-2,20-3)8-16-11-6-9(14)10(15)7-12(11)17(18)19/h6-7,16H,4-5,8H2,1-3H3. The summed E-state index contributed by atoms with van der Waals surface area (Å²) in [7, 11) is 0. The van der Waals surface area contributed by atoms with Gasteiger partial charge in [-0.25, -0.2) is 4.39 Å². The maximum Gasteiger partial charge on any atom is 0.295 e. The Balaban J connectivity index is 3.03. The summed E-state index contributed by atoms with van der Waals surface area (Å²) < 4.78 is 13.3. The molecule has 0 unspecified atom stereocenters. The lowest BCUT2D eigenvalue weighted by Gasteiger charge is -2.30. The van der Waals surface area contributed by atoms with Gasteiger partial charge in [0.25, 0.3) is 5.69 Å². The van der Waals surface area contributed by atoms with Crippen LogP contribution in [-0.2, 0) is 0 Å². The van der Waals surface area contributed by atoms with E-state index in [1.165, 1.54) is 6.07 Å². The lowest BCUT2D eigenvalue weighted by atomic mass is 10.0. The van der Waals surface area contributed by atoms with Crippen molar-refractivity contribution in [2.24, 2.45) is 0 Å². The Kier molecular flexibility index (Phi) is 6.07. The molecular formula is C13H18ClFN2O2S. The van der Waals surface area contributed by atoms with Gasteiger partial charge in [-0.05, 0) is 25.2 Å². The molecule has 1 aromatic carbocycles. The highest BCUT2D eigenvalue weighted by atomic mass is 35.5. The lowest BCUT2D eigenvalue weighted by molar-refractivity contribution is -0.384. The minimum atomic E-state index is -0.786. The van der Waals surface area contributed by atoms with E-state index < -0.39 is 10.7 Å². The van der Waals surface area contributed by atoms with Crippen LogP contribution >= 0.6 is 23.4 Å². The van der Waals surface area contributed by atoms with E-state index in [0.29, 0.717) is 6.54 Å². The molecule has 0 amide bonds. The van der Waals surface area contributed by atoms with Crippen LogP contribution in [0.25, 0.3) is 0 Å². The number of halogens is 2. The number of thioether (sulfide) groups is 1. The Morgan fingerprint density at radius 2 is 2.05 bits per heavy atom. The van der Waals surface area contributed by atoms with Gasteiger partial charge in [0.2, 0.25) is 0 Å². The molecule has 1 aromatic rings. The first-order chi connectivity index (χ1) is 9.39. The number of benzene rings is 1. The normalized spacial score (nSPS) is 11.4. The van der Waals surface area contributed by atoms with Crippen LogP contribution in [0.4, 0.5) is 15.8 Å². The third-order valence-corrected chi connectivity index (χ3v) is 5.44. The van der Waals surface area contributed by atoms with Crippen LogP contribution in [-0.4, -0.2) is 22.5 Å². The molecule has 0 saturated carbocycles. The maximum atomic E-state index is 13.3. The molecule has 0 fully saturated rings. The monoisotopic (exact) mass is 320 g/mol. The lowest BCUT2D eigenvalue weighted by Crippen LogP contribution is -2.32. The number of nitrogens with zero attached hydrogens (tertiary/aromatic N) is 1. The molecule has 0 bridgehead atoms. The van der Waals surface area contributed by atoms with Gasteiger partial charge < -0.3 is 5.32 Å². The van der Waals surface area contributed by atoms with Gasteiger partial charge >= 0.3 is 0 Å². The number of anilines is 1. The van der Waals surface area contributed by atoms with Crippen molar-refractivity contribution in [1.82, 2.24) is 0 Å². The van der Waals surface area contributed by atoms with Gasteiger partial charge in [0.05, 0.1) is 16.0 Å². The first kappa shape index (κ1) is 17.0. The summed E-state index contributed by atoms with van der Waals surface area (Å²) in [4.78, 5) is 10.4. The van der Waals surface area contributed by atoms with Crippen molar-refractivity contribution < 1.29 is 9.31 Å². The summed E-state index contributed by atoms with van der Waals surface area (Å²) in [6, 6.07) is 2.12. The van der Waals surface area contributed by atoms with Crippen molar-refractivity contribution in [3.05, 3.63) is 33.1 Å². The van der Waals surface area contributed by atoms with Crippen LogP contribution < -0.4 is 5.32 Å². The first-order valence-electron chi connectivity index (χ1n) is 6.31. The van der Waals surface area contributed by atoms with E-state index in [4.69, 9.17) is 11.6 Å². The molecule has 0 spiro atoms. The van der Waals surface area contributed by atoms with Crippen LogP contribution in [0, 0.1) is 15.9 Å². The van der Waals surface area contributed by atoms with Crippen molar-refractivity contribution in [3.8, 4) is 0 Å². The molecule has 7 heteroatoms. The number of hydrogen-bond acceptors (Lipinski definition) is 4. The van der Waals surface area contributed by atoms with Gasteiger partial charge in [0.1, 0.15) is 11.5 Å². The van der Waals surface area contributed by atoms with Crippen LogP contribution in [0.2, 0.25) is 5.02 Å². The van der Waals surface area contributed by atoms with E-state index in [0.717, 1.165) is 18.9 Å². The predicted molar refractivity (Wildman–Crippen MR) is 83.4 cm³/mol. The van der Waals surface area contributed by atoms with Crippen LogP contribution in [0.1, 0.15) is 26.7 Å². The molecule has 4 nitrogen and oxygen atoms in total. The minimum absolute atomic E-state index is 0.00523. The number of nitrogens with one attached hydrogen (secondary N) is 1. The van der Waals surface area contributed by atoms with E-state index in [2.05, 4.69) is 19.2 Å². The molecule has 112 valence electrons. The Bertz CT molecular complexity index is 487. The number of rotatable bonds is 7. The molecule has 1 N–H and O–H groups in total. The molecule has 0 aliphatic heterocycles. The predicted octanol–water partition coefficient (Wildman–Crippen LogP) is 4.72. The summed E-state index contributed by atoms with van der Waals surface area (Å²) in [6.45, 7) is 4.71. The molecular weight excluding hydrogens is 303 g/mol. The third kappa shape index (κ3) is 3.76. The topological polar surface area (TPSA) is 55.2 Å². The fraction of sp³-hybridized carbons (Fsp3) is 0.538. The Morgan fingerprint density at radius 1 is 1.45 bits per heavy atom. The van der Waals surface area contributed by atoms with Gasteiger partial charge in [0, 0.05) is 11.3 Å². The highest BCUT2D eigenvalue weighted by Gasteiger charge is 2.26. The fourth-order valence-corrected chi connectivity index (χ4v) is 2.90. The van der Waals surface area contributed by atoms with Crippen molar-refractivity contribution in [1.29, 1.82) is 0 Å². The maximum absolute atomic E-state index is 13.3. The molecule has 0 aliphatic rings. The summed E-state index contributed by atoms with van der Waals surface area (Å²) >= 11 is 7.42. The first-order valence-corrected chi connectivity index (χ1v) is 7.91. The van der Waals surface area contributed by atoms with E-state index >= 15 is 0 Å². The fourth-order valence-electron chi connectivity index (χ4n) is 1.95. The van der Waals surface area contributed by atoms with Gasteiger partial charge in [-0.15, -0.1) is 0 Å². The van der Waals surface area contributed by atoms with Gasteiger partial charge in [-0.3, -0.25) is 10.1 Å². The van der Waals surface area contributed by atoms with Crippen LogP contribution in [0.15, 0.2) is 12.1 Å². The van der Waals surface area contributed by atoms with Crippen molar-refractivity contribution in [2.75, 3.05) is 18.1 Å². The second kappa shape index (κ2) is 7.13. The average Bonchev–Trinajstić information content (AvgIpc) is 2.44. The van der Waals surface area contributed by atoms with Crippen LogP contribution in [0.3, 0.4) is 0 Å². The highest BCUT2D eigenvalue weighted by Crippen LogP contribution is 2.34. The van der Waals surface area contributed by atoms with Gasteiger partial charge in [-0.2, -0.15) is 11.8 Å². The van der Waals surface area contributed by atoms with E-state index in [1.54, 1.807) is 11.8 Å². The molecule has 0 aliphatic carbocycles. The molecule has 20 heavy (non-hydrogen) atoms. The molecule has 0 heterocycles. The van der Waals surface area contributed by atoms with E-state index in [-0.39, 0.29) is 21.1 Å². The largest absolute Gasteiger partial charge is 0.378 e. The van der Waals surface area contributed by atoms with Crippen molar-refractivity contribution >= 4 is 34.7 Å². The number of hydrogen-bond donors (Lipinski definition) is 1. The molecule has 0 atom stereocenters. The van der Waals surface area contributed by atoms with Crippen molar-refractivity contribution in [3.63, 3.8) is 0 Å². The quantitative estimate of drug-likeness (QED) is 0.583. The summed E-state index contributed by atoms with van der Waals surface area (Å²) in [5.74, 6) is -0.786. The van der Waals surface area contributed by atoms with Crippen LogP contribution in [0.5, 0.6) is 0 Å². The second-order valence-electron chi connectivity index (χ2n) is 4.49. The highest BCUT2D eigenvalue weighted by molar-refractivity contribution is 8.00. The SMILES string of the molecule is CCC(CC)(CNc1cc(Cl)c(F)cc1[N+](=O)[O-])SC. The Morgan fingerprint density at radius 3 is 2.50 bits per heavy atom. The zero-order valence-electron chi connectivity index (χ0n) is 11.7. The summed E-state index contributed by atoms with van der Waals surface area (Å²) in [6.07, 6.45) is 3.88. The summed E-state index contributed by atoms with van der Waals surface area (Å²) in [5.41, 5.74) is -0.0455. The van der Waals surface area contributed by atoms with Crippen molar-refractivity contribution in [2.45, 2.75) is 31.4 Å². The Hall–Kier alpha value is -1.01. The summed E-state index contributed by atoms with van der Waals surface area (Å²) in [5, 5.41) is 13.9.